The van der Waals surface area contributed by atoms with Gasteiger partial charge in [-0.05, 0) is 18.8 Å². The van der Waals surface area contributed by atoms with Gasteiger partial charge in [-0.2, -0.15) is 11.8 Å². The summed E-state index contributed by atoms with van der Waals surface area (Å²) in [5.41, 5.74) is 1.30. The summed E-state index contributed by atoms with van der Waals surface area (Å²) in [5, 5.41) is 5.05. The van der Waals surface area contributed by atoms with Gasteiger partial charge in [0.2, 0.25) is 0 Å². The zero-order valence-corrected chi connectivity index (χ0v) is 13.3. The van der Waals surface area contributed by atoms with E-state index in [4.69, 9.17) is 4.98 Å². The Kier molecular flexibility index (Phi) is 5.25. The van der Waals surface area contributed by atoms with E-state index < -0.39 is 0 Å². The maximum absolute atomic E-state index is 4.89. The van der Waals surface area contributed by atoms with Crippen LogP contribution in [0.4, 0.5) is 0 Å². The van der Waals surface area contributed by atoms with Crippen LogP contribution in [0.1, 0.15) is 55.5 Å². The van der Waals surface area contributed by atoms with Crippen molar-refractivity contribution >= 4 is 34.9 Å². The van der Waals surface area contributed by atoms with Crippen molar-refractivity contribution < 1.29 is 0 Å². The van der Waals surface area contributed by atoms with Gasteiger partial charge in [-0.25, -0.2) is 4.98 Å². The lowest BCUT2D eigenvalue weighted by Gasteiger charge is -2.28. The second-order valence-corrected chi connectivity index (χ2v) is 8.01. The van der Waals surface area contributed by atoms with Crippen molar-refractivity contribution in [3.05, 3.63) is 16.1 Å². The zero-order valence-electron chi connectivity index (χ0n) is 10.8. The molecule has 0 aromatic carbocycles. The molecule has 3 atom stereocenters. The number of aromatic nitrogens is 1. The van der Waals surface area contributed by atoms with Gasteiger partial charge < -0.3 is 0 Å². The molecule has 0 aliphatic carbocycles. The maximum atomic E-state index is 4.89. The standard InChI is InChI=1S/C13H21NS3/c1-4-9(3)10-8-17-13(14-10)12-11(5-2)15-6-7-16-12/h8-9,11-12H,4-7H2,1-3H3. The van der Waals surface area contributed by atoms with Crippen molar-refractivity contribution in [1.82, 2.24) is 4.98 Å². The van der Waals surface area contributed by atoms with E-state index in [0.717, 1.165) is 5.25 Å². The van der Waals surface area contributed by atoms with Crippen molar-refractivity contribution in [3.8, 4) is 0 Å². The quantitative estimate of drug-likeness (QED) is 0.777. The molecule has 1 aliphatic heterocycles. The lowest BCUT2D eigenvalue weighted by atomic mass is 10.1. The Bertz CT molecular complexity index is 350. The molecular weight excluding hydrogens is 266 g/mol. The third-order valence-corrected chi connectivity index (χ3v) is 7.70. The predicted molar refractivity (Wildman–Crippen MR) is 82.6 cm³/mol. The largest absolute Gasteiger partial charge is 0.245 e. The van der Waals surface area contributed by atoms with E-state index in [1.54, 1.807) is 0 Å². The van der Waals surface area contributed by atoms with Crippen molar-refractivity contribution in [1.29, 1.82) is 0 Å². The first-order valence-electron chi connectivity index (χ1n) is 6.44. The second kappa shape index (κ2) is 6.48. The van der Waals surface area contributed by atoms with Crippen LogP contribution in [0.5, 0.6) is 0 Å². The van der Waals surface area contributed by atoms with Crippen LogP contribution in [0.2, 0.25) is 0 Å². The lowest BCUT2D eigenvalue weighted by Crippen LogP contribution is -2.18. The molecular formula is C13H21NS3. The monoisotopic (exact) mass is 287 g/mol. The molecule has 0 amide bonds. The molecule has 1 aliphatic rings. The SMILES string of the molecule is CCC(C)c1csc(C2SCCSC2CC)n1. The summed E-state index contributed by atoms with van der Waals surface area (Å²) in [5.74, 6) is 3.20. The van der Waals surface area contributed by atoms with Gasteiger partial charge in [0.15, 0.2) is 0 Å². The van der Waals surface area contributed by atoms with Crippen LogP contribution in [-0.2, 0) is 0 Å². The third-order valence-electron chi connectivity index (χ3n) is 3.35. The zero-order chi connectivity index (χ0) is 12.3. The minimum absolute atomic E-state index is 0.612. The summed E-state index contributed by atoms with van der Waals surface area (Å²) in [6.07, 6.45) is 2.45. The average molecular weight is 288 g/mol. The van der Waals surface area contributed by atoms with Crippen LogP contribution in [0, 0.1) is 0 Å². The third kappa shape index (κ3) is 3.21. The number of hydrogen-bond acceptors (Lipinski definition) is 4. The van der Waals surface area contributed by atoms with E-state index in [-0.39, 0.29) is 0 Å². The molecule has 1 fully saturated rings. The Hall–Kier alpha value is 0.330. The number of thioether (sulfide) groups is 2. The van der Waals surface area contributed by atoms with E-state index in [1.165, 1.54) is 35.0 Å². The molecule has 1 aromatic heterocycles. The first-order valence-corrected chi connectivity index (χ1v) is 9.42. The topological polar surface area (TPSA) is 12.9 Å². The highest BCUT2D eigenvalue weighted by Crippen LogP contribution is 2.45. The summed E-state index contributed by atoms with van der Waals surface area (Å²) < 4.78 is 0. The van der Waals surface area contributed by atoms with Crippen LogP contribution in [0.25, 0.3) is 0 Å². The summed E-state index contributed by atoms with van der Waals surface area (Å²) in [7, 11) is 0. The van der Waals surface area contributed by atoms with E-state index in [2.05, 4.69) is 49.7 Å². The van der Waals surface area contributed by atoms with Crippen molar-refractivity contribution in [3.63, 3.8) is 0 Å². The van der Waals surface area contributed by atoms with Crippen LogP contribution in [0.15, 0.2) is 5.38 Å². The molecule has 1 aromatic rings. The molecule has 96 valence electrons. The van der Waals surface area contributed by atoms with Crippen LogP contribution in [-0.4, -0.2) is 21.7 Å². The van der Waals surface area contributed by atoms with Crippen LogP contribution in [0.3, 0.4) is 0 Å². The van der Waals surface area contributed by atoms with Crippen molar-refractivity contribution in [2.24, 2.45) is 0 Å². The summed E-state index contributed by atoms with van der Waals surface area (Å²) >= 11 is 6.12. The Labute approximate surface area is 117 Å². The summed E-state index contributed by atoms with van der Waals surface area (Å²) in [6.45, 7) is 6.82. The van der Waals surface area contributed by atoms with E-state index >= 15 is 0 Å². The molecule has 1 nitrogen and oxygen atoms in total. The second-order valence-electron chi connectivity index (χ2n) is 4.53. The highest BCUT2D eigenvalue weighted by Gasteiger charge is 2.28. The summed E-state index contributed by atoms with van der Waals surface area (Å²) in [4.78, 5) is 4.89. The summed E-state index contributed by atoms with van der Waals surface area (Å²) in [6, 6.07) is 0. The minimum Gasteiger partial charge on any atom is -0.245 e. The molecule has 0 bridgehead atoms. The predicted octanol–water partition coefficient (Wildman–Crippen LogP) is 4.96. The Morgan fingerprint density at radius 2 is 2.12 bits per heavy atom. The highest BCUT2D eigenvalue weighted by atomic mass is 32.2. The minimum atomic E-state index is 0.612. The van der Waals surface area contributed by atoms with E-state index in [1.807, 2.05) is 11.3 Å². The number of hydrogen-bond donors (Lipinski definition) is 0. The Balaban J connectivity index is 2.12. The molecule has 0 N–H and O–H groups in total. The van der Waals surface area contributed by atoms with Crippen LogP contribution >= 0.6 is 34.9 Å². The number of thiazole rings is 1. The fraction of sp³-hybridized carbons (Fsp3) is 0.769. The first kappa shape index (κ1) is 13.8. The number of rotatable bonds is 4. The van der Waals surface area contributed by atoms with Gasteiger partial charge in [0.1, 0.15) is 5.01 Å². The highest BCUT2D eigenvalue weighted by molar-refractivity contribution is 8.06. The fourth-order valence-corrected chi connectivity index (χ4v) is 6.38. The van der Waals surface area contributed by atoms with Crippen molar-refractivity contribution in [2.75, 3.05) is 11.5 Å². The van der Waals surface area contributed by atoms with Gasteiger partial charge in [0.05, 0.1) is 10.9 Å². The molecule has 2 heterocycles. The fourth-order valence-electron chi connectivity index (χ4n) is 2.00. The van der Waals surface area contributed by atoms with E-state index in [9.17, 15) is 0 Å². The van der Waals surface area contributed by atoms with Gasteiger partial charge in [0.25, 0.3) is 0 Å². The Morgan fingerprint density at radius 3 is 2.82 bits per heavy atom. The lowest BCUT2D eigenvalue weighted by molar-refractivity contribution is 0.704. The average Bonchev–Trinajstić information content (AvgIpc) is 2.87. The van der Waals surface area contributed by atoms with Crippen molar-refractivity contribution in [2.45, 2.75) is 50.0 Å². The smallest absolute Gasteiger partial charge is 0.107 e. The molecule has 0 radical (unpaired) electrons. The molecule has 17 heavy (non-hydrogen) atoms. The Morgan fingerprint density at radius 1 is 1.35 bits per heavy atom. The molecule has 0 saturated carbocycles. The molecule has 1 saturated heterocycles. The first-order chi connectivity index (χ1) is 8.26. The molecule has 2 rings (SSSR count). The van der Waals surface area contributed by atoms with Gasteiger partial charge in [0, 0.05) is 22.1 Å². The molecule has 4 heteroatoms. The van der Waals surface area contributed by atoms with Gasteiger partial charge in [-0.15, -0.1) is 23.1 Å². The van der Waals surface area contributed by atoms with Gasteiger partial charge in [-0.1, -0.05) is 20.8 Å². The normalized spacial score (nSPS) is 27.0. The number of nitrogens with zero attached hydrogens (tertiary/aromatic N) is 1. The molecule has 3 unspecified atom stereocenters. The molecule has 0 spiro atoms. The maximum Gasteiger partial charge on any atom is 0.107 e. The van der Waals surface area contributed by atoms with Crippen LogP contribution < -0.4 is 0 Å². The van der Waals surface area contributed by atoms with E-state index in [0.29, 0.717) is 11.2 Å². The van der Waals surface area contributed by atoms with Gasteiger partial charge >= 0.3 is 0 Å². The van der Waals surface area contributed by atoms with Gasteiger partial charge in [-0.3, -0.25) is 0 Å².